The zero-order chi connectivity index (χ0) is 17.2. The Bertz CT molecular complexity index is 660. The number of aromatic nitrogens is 1. The van der Waals surface area contributed by atoms with Crippen molar-refractivity contribution >= 4 is 41.3 Å². The molecule has 7 heteroatoms. The van der Waals surface area contributed by atoms with Crippen LogP contribution in [0.4, 0.5) is 0 Å². The number of aryl methyl sites for hydroxylation is 1. The molecule has 0 saturated carbocycles. The Kier molecular flexibility index (Phi) is 10.5. The molecule has 0 aliphatic rings. The highest BCUT2D eigenvalue weighted by Crippen LogP contribution is 2.14. The van der Waals surface area contributed by atoms with Gasteiger partial charge in [-0.3, -0.25) is 0 Å². The second-order valence-electron chi connectivity index (χ2n) is 5.32. The third-order valence-electron chi connectivity index (χ3n) is 3.27. The third kappa shape index (κ3) is 8.04. The summed E-state index contributed by atoms with van der Waals surface area (Å²) in [6.07, 6.45) is 2.83. The summed E-state index contributed by atoms with van der Waals surface area (Å²) >= 11 is 1.74. The molecule has 1 heterocycles. The van der Waals surface area contributed by atoms with Crippen LogP contribution in [-0.4, -0.2) is 30.6 Å². The van der Waals surface area contributed by atoms with Gasteiger partial charge < -0.3 is 15.4 Å². The van der Waals surface area contributed by atoms with Crippen LogP contribution in [0.5, 0.6) is 5.75 Å². The van der Waals surface area contributed by atoms with E-state index in [2.05, 4.69) is 40.5 Å². The Morgan fingerprint density at radius 1 is 1.28 bits per heavy atom. The van der Waals surface area contributed by atoms with Crippen molar-refractivity contribution in [2.24, 2.45) is 4.99 Å². The number of halogens is 1. The first-order chi connectivity index (χ1) is 11.7. The molecule has 1 aromatic heterocycles. The first-order valence-electron chi connectivity index (χ1n) is 8.36. The van der Waals surface area contributed by atoms with Gasteiger partial charge >= 0.3 is 0 Å². The molecule has 0 bridgehead atoms. The molecule has 25 heavy (non-hydrogen) atoms. The Balaban J connectivity index is 0.00000312. The van der Waals surface area contributed by atoms with Crippen molar-refractivity contribution in [3.63, 3.8) is 0 Å². The number of hydrogen-bond donors (Lipinski definition) is 2. The summed E-state index contributed by atoms with van der Waals surface area (Å²) in [6.45, 7) is 9.08. The number of benzene rings is 1. The van der Waals surface area contributed by atoms with E-state index in [-0.39, 0.29) is 24.0 Å². The first-order valence-corrected chi connectivity index (χ1v) is 9.18. The van der Waals surface area contributed by atoms with E-state index in [1.165, 1.54) is 4.88 Å². The molecule has 0 spiro atoms. The van der Waals surface area contributed by atoms with Gasteiger partial charge in [0.1, 0.15) is 5.75 Å². The van der Waals surface area contributed by atoms with Gasteiger partial charge in [-0.05, 0) is 38.5 Å². The molecule has 2 N–H and O–H groups in total. The third-order valence-corrected chi connectivity index (χ3v) is 4.25. The van der Waals surface area contributed by atoms with Crippen LogP contribution in [0.25, 0.3) is 0 Å². The maximum Gasteiger partial charge on any atom is 0.191 e. The van der Waals surface area contributed by atoms with E-state index in [1.54, 1.807) is 11.3 Å². The summed E-state index contributed by atoms with van der Waals surface area (Å²) < 4.78 is 5.53. The molecule has 0 amide bonds. The monoisotopic (exact) mass is 474 g/mol. The van der Waals surface area contributed by atoms with Crippen molar-refractivity contribution in [3.05, 3.63) is 45.9 Å². The molecule has 0 atom stereocenters. The van der Waals surface area contributed by atoms with E-state index in [0.717, 1.165) is 41.8 Å². The maximum atomic E-state index is 5.53. The highest BCUT2D eigenvalue weighted by atomic mass is 127. The van der Waals surface area contributed by atoms with Gasteiger partial charge in [-0.1, -0.05) is 12.1 Å². The lowest BCUT2D eigenvalue weighted by atomic mass is 10.2. The standard InChI is InChI=1S/C18H26N4OS.HI/c1-4-19-18(20-10-9-17-21-12-14(3)24-17)22-13-15-7-6-8-16(11-15)23-5-2;/h6-8,11-12H,4-5,9-10,13H2,1-3H3,(H2,19,20,22);1H. The van der Waals surface area contributed by atoms with Gasteiger partial charge in [0.05, 0.1) is 18.2 Å². The van der Waals surface area contributed by atoms with E-state index in [9.17, 15) is 0 Å². The van der Waals surface area contributed by atoms with Crippen molar-refractivity contribution in [3.8, 4) is 5.75 Å². The molecule has 2 rings (SSSR count). The maximum absolute atomic E-state index is 5.53. The van der Waals surface area contributed by atoms with Gasteiger partial charge in [-0.25, -0.2) is 9.98 Å². The highest BCUT2D eigenvalue weighted by Gasteiger charge is 2.02. The van der Waals surface area contributed by atoms with Crippen LogP contribution in [0.2, 0.25) is 0 Å². The zero-order valence-corrected chi connectivity index (χ0v) is 18.2. The fraction of sp³-hybridized carbons (Fsp3) is 0.444. The van der Waals surface area contributed by atoms with Crippen LogP contribution in [0.15, 0.2) is 35.5 Å². The van der Waals surface area contributed by atoms with Crippen molar-refractivity contribution in [1.29, 1.82) is 0 Å². The lowest BCUT2D eigenvalue weighted by molar-refractivity contribution is 0.340. The molecule has 0 aliphatic heterocycles. The minimum atomic E-state index is 0. The van der Waals surface area contributed by atoms with Gasteiger partial charge in [-0.15, -0.1) is 35.3 Å². The van der Waals surface area contributed by atoms with Crippen LogP contribution >= 0.6 is 35.3 Å². The predicted octanol–water partition coefficient (Wildman–Crippen LogP) is 3.77. The number of hydrogen-bond acceptors (Lipinski definition) is 4. The predicted molar refractivity (Wildman–Crippen MR) is 116 cm³/mol. The highest BCUT2D eigenvalue weighted by molar-refractivity contribution is 14.0. The number of guanidine groups is 1. The number of nitrogens with one attached hydrogen (secondary N) is 2. The van der Waals surface area contributed by atoms with Crippen LogP contribution in [0.1, 0.15) is 29.3 Å². The summed E-state index contributed by atoms with van der Waals surface area (Å²) in [5.41, 5.74) is 1.13. The van der Waals surface area contributed by atoms with Crippen molar-refractivity contribution in [2.45, 2.75) is 33.7 Å². The Morgan fingerprint density at radius 2 is 2.12 bits per heavy atom. The smallest absolute Gasteiger partial charge is 0.191 e. The molecule has 5 nitrogen and oxygen atoms in total. The molecule has 0 saturated heterocycles. The normalized spacial score (nSPS) is 10.9. The van der Waals surface area contributed by atoms with Crippen molar-refractivity contribution < 1.29 is 4.74 Å². The van der Waals surface area contributed by atoms with Gasteiger partial charge in [0, 0.05) is 30.6 Å². The number of ether oxygens (including phenoxy) is 1. The molecule has 1 aromatic carbocycles. The average Bonchev–Trinajstić information content (AvgIpc) is 2.99. The minimum Gasteiger partial charge on any atom is -0.494 e. The Morgan fingerprint density at radius 3 is 2.80 bits per heavy atom. The second kappa shape index (κ2) is 12.1. The largest absolute Gasteiger partial charge is 0.494 e. The van der Waals surface area contributed by atoms with Crippen LogP contribution < -0.4 is 15.4 Å². The molecular formula is C18H27IN4OS. The lowest BCUT2D eigenvalue weighted by Gasteiger charge is -2.11. The van der Waals surface area contributed by atoms with Gasteiger partial charge in [-0.2, -0.15) is 0 Å². The summed E-state index contributed by atoms with van der Waals surface area (Å²) in [4.78, 5) is 10.3. The molecule has 2 aromatic rings. The quantitative estimate of drug-likeness (QED) is 0.348. The minimum absolute atomic E-state index is 0. The SMILES string of the molecule is CCNC(=NCc1cccc(OCC)c1)NCCc1ncc(C)s1.I. The number of aliphatic imine (C=N–C) groups is 1. The second-order valence-corrected chi connectivity index (χ2v) is 6.64. The number of rotatable bonds is 8. The molecule has 0 fully saturated rings. The molecular weight excluding hydrogens is 447 g/mol. The van der Waals surface area contributed by atoms with E-state index in [0.29, 0.717) is 13.2 Å². The summed E-state index contributed by atoms with van der Waals surface area (Å²) in [7, 11) is 0. The number of nitrogens with zero attached hydrogens (tertiary/aromatic N) is 2. The topological polar surface area (TPSA) is 58.5 Å². The molecule has 0 unspecified atom stereocenters. The fourth-order valence-corrected chi connectivity index (χ4v) is 3.00. The van der Waals surface area contributed by atoms with Gasteiger partial charge in [0.25, 0.3) is 0 Å². The first kappa shape index (κ1) is 21.7. The Hall–Kier alpha value is -1.35. The van der Waals surface area contributed by atoms with Crippen LogP contribution in [0, 0.1) is 6.92 Å². The van der Waals surface area contributed by atoms with Crippen molar-refractivity contribution in [2.75, 3.05) is 19.7 Å². The Labute approximate surface area is 171 Å². The fourth-order valence-electron chi connectivity index (χ4n) is 2.22. The summed E-state index contributed by atoms with van der Waals surface area (Å²) in [5.74, 6) is 1.72. The average molecular weight is 474 g/mol. The summed E-state index contributed by atoms with van der Waals surface area (Å²) in [5, 5.41) is 7.79. The lowest BCUT2D eigenvalue weighted by Crippen LogP contribution is -2.38. The van der Waals surface area contributed by atoms with Crippen LogP contribution in [0.3, 0.4) is 0 Å². The van der Waals surface area contributed by atoms with Gasteiger partial charge in [0.2, 0.25) is 0 Å². The molecule has 0 aliphatic carbocycles. The van der Waals surface area contributed by atoms with Crippen LogP contribution in [-0.2, 0) is 13.0 Å². The molecule has 0 radical (unpaired) electrons. The van der Waals surface area contributed by atoms with E-state index >= 15 is 0 Å². The van der Waals surface area contributed by atoms with E-state index < -0.39 is 0 Å². The summed E-state index contributed by atoms with van der Waals surface area (Å²) in [6, 6.07) is 8.07. The zero-order valence-electron chi connectivity index (χ0n) is 15.0. The van der Waals surface area contributed by atoms with Crippen molar-refractivity contribution in [1.82, 2.24) is 15.6 Å². The van der Waals surface area contributed by atoms with E-state index in [4.69, 9.17) is 4.74 Å². The molecule has 138 valence electrons. The van der Waals surface area contributed by atoms with E-state index in [1.807, 2.05) is 31.3 Å². The number of thiazole rings is 1. The van der Waals surface area contributed by atoms with Gasteiger partial charge in [0.15, 0.2) is 5.96 Å².